The number of hydrogen-bond acceptors (Lipinski definition) is 6. The maximum Gasteiger partial charge on any atom is 0.338 e. The zero-order valence-electron chi connectivity index (χ0n) is 12.7. The SMILES string of the molecule is COC1OC(C(C)OC(=O)c2ccc([N+](=O)[O-])cc2)CC1C. The number of carbonyl (C=O) groups is 1. The Balaban J connectivity index is 1.95. The zero-order chi connectivity index (χ0) is 16.3. The van der Waals surface area contributed by atoms with E-state index in [9.17, 15) is 14.9 Å². The van der Waals surface area contributed by atoms with Gasteiger partial charge in [-0.2, -0.15) is 0 Å². The third-order valence-electron chi connectivity index (χ3n) is 3.74. The molecule has 0 aromatic heterocycles. The number of nitro groups is 1. The Morgan fingerprint density at radius 1 is 1.41 bits per heavy atom. The highest BCUT2D eigenvalue weighted by atomic mass is 16.7. The number of nitro benzene ring substituents is 1. The number of non-ortho nitro benzene ring substituents is 1. The van der Waals surface area contributed by atoms with E-state index in [1.165, 1.54) is 24.3 Å². The van der Waals surface area contributed by atoms with Crippen molar-refractivity contribution < 1.29 is 23.9 Å². The van der Waals surface area contributed by atoms with Crippen molar-refractivity contribution in [2.75, 3.05) is 7.11 Å². The number of hydrogen-bond donors (Lipinski definition) is 0. The van der Waals surface area contributed by atoms with Gasteiger partial charge in [0, 0.05) is 25.2 Å². The number of methoxy groups -OCH3 is 1. The smallest absolute Gasteiger partial charge is 0.338 e. The lowest BCUT2D eigenvalue weighted by atomic mass is 10.0. The fourth-order valence-corrected chi connectivity index (χ4v) is 2.46. The molecule has 1 aromatic rings. The first-order valence-electron chi connectivity index (χ1n) is 7.06. The molecule has 0 N–H and O–H groups in total. The van der Waals surface area contributed by atoms with Gasteiger partial charge >= 0.3 is 5.97 Å². The highest BCUT2D eigenvalue weighted by molar-refractivity contribution is 5.89. The van der Waals surface area contributed by atoms with Gasteiger partial charge in [0.2, 0.25) is 0 Å². The predicted molar refractivity (Wildman–Crippen MR) is 77.4 cm³/mol. The quantitative estimate of drug-likeness (QED) is 0.472. The van der Waals surface area contributed by atoms with Crippen molar-refractivity contribution in [3.63, 3.8) is 0 Å². The van der Waals surface area contributed by atoms with Gasteiger partial charge in [0.25, 0.3) is 5.69 Å². The summed E-state index contributed by atoms with van der Waals surface area (Å²) in [6.07, 6.45) is -0.189. The second kappa shape index (κ2) is 6.85. The van der Waals surface area contributed by atoms with Gasteiger partial charge < -0.3 is 14.2 Å². The number of ether oxygens (including phenoxy) is 3. The number of benzene rings is 1. The van der Waals surface area contributed by atoms with Crippen molar-refractivity contribution in [1.82, 2.24) is 0 Å². The molecule has 0 saturated carbocycles. The van der Waals surface area contributed by atoms with Crippen LogP contribution in [0.25, 0.3) is 0 Å². The first-order valence-corrected chi connectivity index (χ1v) is 7.06. The minimum atomic E-state index is -0.528. The molecular formula is C15H19NO6. The van der Waals surface area contributed by atoms with Crippen LogP contribution < -0.4 is 0 Å². The summed E-state index contributed by atoms with van der Waals surface area (Å²) in [5, 5.41) is 10.6. The van der Waals surface area contributed by atoms with Gasteiger partial charge in [-0.1, -0.05) is 6.92 Å². The predicted octanol–water partition coefficient (Wildman–Crippen LogP) is 2.54. The van der Waals surface area contributed by atoms with Gasteiger partial charge in [-0.05, 0) is 25.5 Å². The van der Waals surface area contributed by atoms with E-state index < -0.39 is 17.0 Å². The molecule has 1 saturated heterocycles. The first kappa shape index (κ1) is 16.4. The van der Waals surface area contributed by atoms with Gasteiger partial charge in [-0.25, -0.2) is 4.79 Å². The van der Waals surface area contributed by atoms with Crippen molar-refractivity contribution in [3.05, 3.63) is 39.9 Å². The highest BCUT2D eigenvalue weighted by Crippen LogP contribution is 2.29. The molecule has 7 heteroatoms. The second-order valence-electron chi connectivity index (χ2n) is 5.41. The molecule has 1 aliphatic heterocycles. The van der Waals surface area contributed by atoms with E-state index in [1.807, 2.05) is 6.92 Å². The second-order valence-corrected chi connectivity index (χ2v) is 5.41. The Labute approximate surface area is 128 Å². The molecule has 4 unspecified atom stereocenters. The molecule has 4 atom stereocenters. The monoisotopic (exact) mass is 309 g/mol. The van der Waals surface area contributed by atoms with E-state index in [0.29, 0.717) is 0 Å². The molecule has 1 heterocycles. The molecular weight excluding hydrogens is 290 g/mol. The maximum absolute atomic E-state index is 12.0. The van der Waals surface area contributed by atoms with E-state index >= 15 is 0 Å². The molecule has 0 radical (unpaired) electrons. The molecule has 1 aliphatic rings. The summed E-state index contributed by atoms with van der Waals surface area (Å²) in [7, 11) is 1.58. The van der Waals surface area contributed by atoms with Gasteiger partial charge in [0.15, 0.2) is 6.29 Å². The summed E-state index contributed by atoms with van der Waals surface area (Å²) >= 11 is 0. The standard InChI is InChI=1S/C15H19NO6/c1-9-8-13(22-15(9)20-3)10(2)21-14(17)11-4-6-12(7-5-11)16(18)19/h4-7,9-10,13,15H,8H2,1-3H3. The number of nitrogens with zero attached hydrogens (tertiary/aromatic N) is 1. The topological polar surface area (TPSA) is 87.9 Å². The van der Waals surface area contributed by atoms with Crippen LogP contribution in [-0.2, 0) is 14.2 Å². The molecule has 22 heavy (non-hydrogen) atoms. The average Bonchev–Trinajstić information content (AvgIpc) is 2.88. The van der Waals surface area contributed by atoms with Gasteiger partial charge in [0.1, 0.15) is 6.10 Å². The molecule has 2 rings (SSSR count). The summed E-state index contributed by atoms with van der Waals surface area (Å²) < 4.78 is 16.3. The summed E-state index contributed by atoms with van der Waals surface area (Å²) in [5.74, 6) is -0.296. The molecule has 120 valence electrons. The van der Waals surface area contributed by atoms with Gasteiger partial charge in [0.05, 0.1) is 16.6 Å². The van der Waals surface area contributed by atoms with Crippen LogP contribution in [0, 0.1) is 16.0 Å². The number of esters is 1. The summed E-state index contributed by atoms with van der Waals surface area (Å²) in [5.41, 5.74) is 0.201. The normalized spacial score (nSPS) is 25.7. The van der Waals surface area contributed by atoms with Crippen LogP contribution in [0.2, 0.25) is 0 Å². The van der Waals surface area contributed by atoms with E-state index in [4.69, 9.17) is 14.2 Å². The molecule has 0 aliphatic carbocycles. The summed E-state index contributed by atoms with van der Waals surface area (Å²) in [4.78, 5) is 22.1. The number of rotatable bonds is 5. The van der Waals surface area contributed by atoms with Gasteiger partial charge in [-0.3, -0.25) is 10.1 Å². The van der Waals surface area contributed by atoms with Crippen LogP contribution in [0.5, 0.6) is 0 Å². The fourth-order valence-electron chi connectivity index (χ4n) is 2.46. The van der Waals surface area contributed by atoms with Crippen molar-refractivity contribution in [2.24, 2.45) is 5.92 Å². The van der Waals surface area contributed by atoms with Crippen molar-refractivity contribution in [3.8, 4) is 0 Å². The Bertz CT molecular complexity index is 543. The van der Waals surface area contributed by atoms with E-state index in [0.717, 1.165) is 6.42 Å². The van der Waals surface area contributed by atoms with Crippen LogP contribution in [0.1, 0.15) is 30.6 Å². The van der Waals surface area contributed by atoms with Crippen LogP contribution >= 0.6 is 0 Å². The van der Waals surface area contributed by atoms with Crippen LogP contribution in [0.3, 0.4) is 0 Å². The average molecular weight is 309 g/mol. The molecule has 0 bridgehead atoms. The van der Waals surface area contributed by atoms with E-state index in [2.05, 4.69) is 0 Å². The van der Waals surface area contributed by atoms with Crippen molar-refractivity contribution in [1.29, 1.82) is 0 Å². The lowest BCUT2D eigenvalue weighted by Crippen LogP contribution is -2.29. The molecule has 0 amide bonds. The van der Waals surface area contributed by atoms with E-state index in [1.54, 1.807) is 14.0 Å². The fraction of sp³-hybridized carbons (Fsp3) is 0.533. The summed E-state index contributed by atoms with van der Waals surface area (Å²) in [6.45, 7) is 3.78. The Morgan fingerprint density at radius 2 is 2.05 bits per heavy atom. The lowest BCUT2D eigenvalue weighted by molar-refractivity contribution is -0.384. The Morgan fingerprint density at radius 3 is 2.55 bits per heavy atom. The first-order chi connectivity index (χ1) is 10.4. The van der Waals surface area contributed by atoms with Crippen LogP contribution in [0.4, 0.5) is 5.69 Å². The van der Waals surface area contributed by atoms with Gasteiger partial charge in [-0.15, -0.1) is 0 Å². The maximum atomic E-state index is 12.0. The number of carbonyl (C=O) groups excluding carboxylic acids is 1. The minimum absolute atomic E-state index is 0.0690. The Kier molecular flexibility index (Phi) is 5.10. The van der Waals surface area contributed by atoms with Crippen molar-refractivity contribution in [2.45, 2.75) is 38.8 Å². The minimum Gasteiger partial charge on any atom is -0.456 e. The van der Waals surface area contributed by atoms with Crippen LogP contribution in [-0.4, -0.2) is 36.5 Å². The zero-order valence-corrected chi connectivity index (χ0v) is 12.7. The third kappa shape index (κ3) is 3.61. The molecule has 7 nitrogen and oxygen atoms in total. The van der Waals surface area contributed by atoms with Crippen molar-refractivity contribution >= 4 is 11.7 Å². The van der Waals surface area contributed by atoms with Crippen LogP contribution in [0.15, 0.2) is 24.3 Å². The highest BCUT2D eigenvalue weighted by Gasteiger charge is 2.36. The third-order valence-corrected chi connectivity index (χ3v) is 3.74. The summed E-state index contributed by atoms with van der Waals surface area (Å²) in [6, 6.07) is 5.30. The largest absolute Gasteiger partial charge is 0.456 e. The lowest BCUT2D eigenvalue weighted by Gasteiger charge is -2.20. The molecule has 0 spiro atoms. The molecule has 1 fully saturated rings. The Hall–Kier alpha value is -1.99. The van der Waals surface area contributed by atoms with E-state index in [-0.39, 0.29) is 29.6 Å². The molecule has 1 aromatic carbocycles.